The maximum atomic E-state index is 12.6. The lowest BCUT2D eigenvalue weighted by Gasteiger charge is -2.31. The summed E-state index contributed by atoms with van der Waals surface area (Å²) in [4.78, 5) is 14.3. The fourth-order valence-electron chi connectivity index (χ4n) is 2.15. The van der Waals surface area contributed by atoms with Crippen LogP contribution in [0.5, 0.6) is 0 Å². The first kappa shape index (κ1) is 16.2. The van der Waals surface area contributed by atoms with Crippen molar-refractivity contribution in [2.75, 3.05) is 0 Å². The van der Waals surface area contributed by atoms with Crippen LogP contribution in [0.25, 0.3) is 0 Å². The van der Waals surface area contributed by atoms with E-state index in [-0.39, 0.29) is 23.5 Å². The molecule has 0 atom stereocenters. The van der Waals surface area contributed by atoms with Crippen LogP contribution in [0.3, 0.4) is 0 Å². The predicted octanol–water partition coefficient (Wildman–Crippen LogP) is 1.39. The van der Waals surface area contributed by atoms with Crippen molar-refractivity contribution in [2.45, 2.75) is 39.8 Å². The van der Waals surface area contributed by atoms with E-state index in [0.717, 1.165) is 0 Å². The van der Waals surface area contributed by atoms with Gasteiger partial charge in [-0.05, 0) is 51.4 Å². The van der Waals surface area contributed by atoms with Crippen molar-refractivity contribution in [3.8, 4) is 0 Å². The van der Waals surface area contributed by atoms with Gasteiger partial charge in [0, 0.05) is 22.1 Å². The Kier molecular flexibility index (Phi) is 5.58. The highest BCUT2D eigenvalue weighted by Gasteiger charge is 2.27. The molecule has 4 nitrogen and oxygen atoms in total. The van der Waals surface area contributed by atoms with E-state index < -0.39 is 7.12 Å². The van der Waals surface area contributed by atoms with Gasteiger partial charge >= 0.3 is 7.12 Å². The lowest BCUT2D eigenvalue weighted by Crippen LogP contribution is -2.46. The van der Waals surface area contributed by atoms with Crippen molar-refractivity contribution in [3.63, 3.8) is 0 Å². The van der Waals surface area contributed by atoms with Gasteiger partial charge in [0.1, 0.15) is 0 Å². The molecule has 0 radical (unpaired) electrons. The molecule has 0 saturated heterocycles. The minimum atomic E-state index is -1.67. The Bertz CT molecular complexity index is 455. The summed E-state index contributed by atoms with van der Waals surface area (Å²) in [6.45, 7) is 7.75. The quantitative estimate of drug-likeness (QED) is 0.821. The van der Waals surface area contributed by atoms with Crippen molar-refractivity contribution in [2.24, 2.45) is 0 Å². The molecule has 0 aliphatic rings. The molecule has 0 aliphatic carbocycles. The molecule has 1 aromatic rings. The number of nitrogens with zero attached hydrogens (tertiary/aromatic N) is 1. The average molecular weight is 328 g/mol. The number of amides is 1. The normalized spacial score (nSPS) is 11.0. The maximum Gasteiger partial charge on any atom is 0.489 e. The van der Waals surface area contributed by atoms with Crippen LogP contribution >= 0.6 is 15.9 Å². The highest BCUT2D eigenvalue weighted by Crippen LogP contribution is 2.15. The Balaban J connectivity index is 3.25. The van der Waals surface area contributed by atoms with E-state index in [0.29, 0.717) is 10.0 Å². The van der Waals surface area contributed by atoms with E-state index in [9.17, 15) is 14.8 Å². The molecule has 6 heteroatoms. The number of carbonyl (C=O) groups excluding carboxylic acids is 1. The molecular weight excluding hydrogens is 309 g/mol. The maximum absolute atomic E-state index is 12.6. The molecular formula is C13H19BBrNO3. The molecule has 1 amide bonds. The highest BCUT2D eigenvalue weighted by atomic mass is 79.9. The van der Waals surface area contributed by atoms with Gasteiger partial charge in [-0.3, -0.25) is 4.79 Å². The Morgan fingerprint density at radius 2 is 1.74 bits per heavy atom. The summed E-state index contributed by atoms with van der Waals surface area (Å²) in [5, 5.41) is 18.8. The fraction of sp³-hybridized carbons (Fsp3) is 0.462. The van der Waals surface area contributed by atoms with Gasteiger partial charge in [-0.2, -0.15) is 0 Å². The summed E-state index contributed by atoms with van der Waals surface area (Å²) in [5.74, 6) is -0.194. The molecule has 0 heterocycles. The third kappa shape index (κ3) is 3.81. The molecule has 1 rings (SSSR count). The second-order valence-corrected chi connectivity index (χ2v) is 5.92. The van der Waals surface area contributed by atoms with E-state index in [4.69, 9.17) is 0 Å². The molecule has 0 bridgehead atoms. The summed E-state index contributed by atoms with van der Waals surface area (Å²) in [7, 11) is -1.67. The van der Waals surface area contributed by atoms with E-state index in [1.54, 1.807) is 23.1 Å². The summed E-state index contributed by atoms with van der Waals surface area (Å²) in [5.41, 5.74) is 0.534. The zero-order chi connectivity index (χ0) is 14.7. The first-order chi connectivity index (χ1) is 8.75. The summed E-state index contributed by atoms with van der Waals surface area (Å²) < 4.78 is 0.702. The molecule has 104 valence electrons. The topological polar surface area (TPSA) is 60.8 Å². The van der Waals surface area contributed by atoms with Crippen LogP contribution in [0, 0.1) is 0 Å². The largest absolute Gasteiger partial charge is 0.489 e. The number of benzene rings is 1. The van der Waals surface area contributed by atoms with Crippen LogP contribution < -0.4 is 5.46 Å². The van der Waals surface area contributed by atoms with Crippen molar-refractivity contribution in [1.29, 1.82) is 0 Å². The van der Waals surface area contributed by atoms with Crippen LogP contribution in [0.2, 0.25) is 0 Å². The number of hydrogen-bond donors (Lipinski definition) is 2. The van der Waals surface area contributed by atoms with Crippen molar-refractivity contribution in [3.05, 3.63) is 28.2 Å². The third-order valence-corrected chi connectivity index (χ3v) is 3.36. The van der Waals surface area contributed by atoms with Crippen molar-refractivity contribution in [1.82, 2.24) is 4.90 Å². The molecule has 0 unspecified atom stereocenters. The zero-order valence-electron chi connectivity index (χ0n) is 11.6. The Hall–Kier alpha value is -0.845. The molecule has 2 N–H and O–H groups in total. The summed E-state index contributed by atoms with van der Waals surface area (Å²) in [6, 6.07) is 4.97. The van der Waals surface area contributed by atoms with Crippen molar-refractivity contribution < 1.29 is 14.8 Å². The van der Waals surface area contributed by atoms with Gasteiger partial charge in [0.2, 0.25) is 0 Å². The predicted molar refractivity (Wildman–Crippen MR) is 80.4 cm³/mol. The highest BCUT2D eigenvalue weighted by molar-refractivity contribution is 9.10. The SMILES string of the molecule is CC(C)N(C(=O)c1ccc(Br)cc1B(O)O)C(C)C. The smallest absolute Gasteiger partial charge is 0.423 e. The Labute approximate surface area is 122 Å². The van der Waals surface area contributed by atoms with E-state index >= 15 is 0 Å². The van der Waals surface area contributed by atoms with Gasteiger partial charge in [0.05, 0.1) is 0 Å². The summed E-state index contributed by atoms with van der Waals surface area (Å²) >= 11 is 3.26. The van der Waals surface area contributed by atoms with Crippen LogP contribution in [0.15, 0.2) is 22.7 Å². The first-order valence-corrected chi connectivity index (χ1v) is 7.03. The van der Waals surface area contributed by atoms with Gasteiger partial charge < -0.3 is 14.9 Å². The number of hydrogen-bond acceptors (Lipinski definition) is 3. The standard InChI is InChI=1S/C13H19BBrNO3/c1-8(2)16(9(3)4)13(17)11-6-5-10(15)7-12(11)14(18)19/h5-9,18-19H,1-4H3. The lowest BCUT2D eigenvalue weighted by atomic mass is 9.76. The van der Waals surface area contributed by atoms with Gasteiger partial charge in [-0.25, -0.2) is 0 Å². The number of halogens is 1. The van der Waals surface area contributed by atoms with Crippen molar-refractivity contribution >= 4 is 34.4 Å². The van der Waals surface area contributed by atoms with E-state index in [1.165, 1.54) is 0 Å². The lowest BCUT2D eigenvalue weighted by molar-refractivity contribution is 0.0644. The van der Waals surface area contributed by atoms with Gasteiger partial charge in [0.25, 0.3) is 5.91 Å². The molecule has 0 spiro atoms. The van der Waals surface area contributed by atoms with Crippen LogP contribution in [-0.4, -0.2) is 40.1 Å². The van der Waals surface area contributed by atoms with Gasteiger partial charge in [0.15, 0.2) is 0 Å². The molecule has 19 heavy (non-hydrogen) atoms. The zero-order valence-corrected chi connectivity index (χ0v) is 13.2. The van der Waals surface area contributed by atoms with Crippen LogP contribution in [-0.2, 0) is 0 Å². The monoisotopic (exact) mass is 327 g/mol. The minimum Gasteiger partial charge on any atom is -0.423 e. The second-order valence-electron chi connectivity index (χ2n) is 5.01. The Morgan fingerprint density at radius 3 is 2.16 bits per heavy atom. The number of rotatable bonds is 4. The first-order valence-electron chi connectivity index (χ1n) is 6.24. The molecule has 0 saturated carbocycles. The second kappa shape index (κ2) is 6.54. The fourth-order valence-corrected chi connectivity index (χ4v) is 2.53. The molecule has 0 aromatic heterocycles. The van der Waals surface area contributed by atoms with Crippen LogP contribution in [0.1, 0.15) is 38.1 Å². The van der Waals surface area contributed by atoms with Gasteiger partial charge in [-0.1, -0.05) is 15.9 Å². The van der Waals surface area contributed by atoms with E-state index in [2.05, 4.69) is 15.9 Å². The Morgan fingerprint density at radius 1 is 1.21 bits per heavy atom. The van der Waals surface area contributed by atoms with Gasteiger partial charge in [-0.15, -0.1) is 0 Å². The molecule has 1 aromatic carbocycles. The minimum absolute atomic E-state index is 0.0415. The van der Waals surface area contributed by atoms with E-state index in [1.807, 2.05) is 27.7 Å². The summed E-state index contributed by atoms with van der Waals surface area (Å²) in [6.07, 6.45) is 0. The third-order valence-electron chi connectivity index (χ3n) is 2.87. The van der Waals surface area contributed by atoms with Crippen LogP contribution in [0.4, 0.5) is 0 Å². The molecule has 0 aliphatic heterocycles. The number of carbonyl (C=O) groups is 1. The molecule has 0 fully saturated rings. The average Bonchev–Trinajstić information content (AvgIpc) is 2.27.